The summed E-state index contributed by atoms with van der Waals surface area (Å²) in [7, 11) is -3.51. The summed E-state index contributed by atoms with van der Waals surface area (Å²) in [6.07, 6.45) is 6.56. The van der Waals surface area contributed by atoms with Gasteiger partial charge < -0.3 is 4.74 Å². The van der Waals surface area contributed by atoms with Crippen molar-refractivity contribution < 1.29 is 22.3 Å². The number of rotatable bonds is 6. The van der Waals surface area contributed by atoms with Crippen molar-refractivity contribution in [2.75, 3.05) is 13.1 Å². The third-order valence-corrected chi connectivity index (χ3v) is 7.18. The number of ether oxygens (including phenoxy) is 1. The van der Waals surface area contributed by atoms with Gasteiger partial charge >= 0.3 is 5.97 Å². The van der Waals surface area contributed by atoms with E-state index in [4.69, 9.17) is 16.3 Å². The second kappa shape index (κ2) is 10.2. The first-order valence-corrected chi connectivity index (χ1v) is 11.6. The van der Waals surface area contributed by atoms with Crippen LogP contribution in [0.4, 0.5) is 4.39 Å². The Balaban J connectivity index is 1.60. The van der Waals surface area contributed by atoms with E-state index in [1.54, 1.807) is 12.1 Å². The summed E-state index contributed by atoms with van der Waals surface area (Å²) in [4.78, 5) is 12.1. The smallest absolute Gasteiger partial charge is 0.331 e. The summed E-state index contributed by atoms with van der Waals surface area (Å²) in [5.74, 6) is -1.20. The molecule has 30 heavy (non-hydrogen) atoms. The molecule has 1 saturated heterocycles. The zero-order valence-corrected chi connectivity index (χ0v) is 18.0. The monoisotopic (exact) mass is 451 g/mol. The van der Waals surface area contributed by atoms with Crippen LogP contribution >= 0.6 is 11.6 Å². The van der Waals surface area contributed by atoms with Gasteiger partial charge in [0.15, 0.2) is 0 Å². The molecule has 0 radical (unpaired) electrons. The molecule has 1 heterocycles. The van der Waals surface area contributed by atoms with E-state index >= 15 is 0 Å². The van der Waals surface area contributed by atoms with E-state index < -0.39 is 21.8 Å². The van der Waals surface area contributed by atoms with Crippen molar-refractivity contribution in [1.29, 1.82) is 0 Å². The zero-order valence-electron chi connectivity index (χ0n) is 16.4. The number of hydrogen-bond donors (Lipinski definition) is 0. The standard InChI is InChI=1S/C22H23ClFNO4S/c23-20-6-5-7-21(24)19(20)16-29-22(26)13-10-17-8-11-18(12-9-17)30(27,28)25-14-3-1-2-4-15-25/h5-13H,1-4,14-16H2. The van der Waals surface area contributed by atoms with Crippen LogP contribution in [0.1, 0.15) is 36.8 Å². The van der Waals surface area contributed by atoms with E-state index in [0.717, 1.165) is 25.7 Å². The second-order valence-electron chi connectivity index (χ2n) is 7.03. The molecule has 1 fully saturated rings. The molecular weight excluding hydrogens is 429 g/mol. The fourth-order valence-electron chi connectivity index (χ4n) is 3.21. The minimum atomic E-state index is -3.51. The summed E-state index contributed by atoms with van der Waals surface area (Å²) in [6.45, 7) is 0.811. The highest BCUT2D eigenvalue weighted by Gasteiger charge is 2.24. The quantitative estimate of drug-likeness (QED) is 0.467. The molecule has 0 unspecified atom stereocenters. The lowest BCUT2D eigenvalue weighted by atomic mass is 10.2. The number of esters is 1. The molecule has 0 aliphatic carbocycles. The van der Waals surface area contributed by atoms with Crippen LogP contribution in [-0.4, -0.2) is 31.8 Å². The highest BCUT2D eigenvalue weighted by Crippen LogP contribution is 2.22. The van der Waals surface area contributed by atoms with Gasteiger partial charge in [-0.3, -0.25) is 0 Å². The largest absolute Gasteiger partial charge is 0.457 e. The molecule has 5 nitrogen and oxygen atoms in total. The third kappa shape index (κ3) is 5.68. The van der Waals surface area contributed by atoms with Crippen molar-refractivity contribution in [3.8, 4) is 0 Å². The number of nitrogens with zero attached hydrogens (tertiary/aromatic N) is 1. The van der Waals surface area contributed by atoms with Crippen LogP contribution in [0.5, 0.6) is 0 Å². The lowest BCUT2D eigenvalue weighted by Crippen LogP contribution is -2.31. The van der Waals surface area contributed by atoms with Crippen LogP contribution in [0.3, 0.4) is 0 Å². The summed E-state index contributed by atoms with van der Waals surface area (Å²) in [6, 6.07) is 10.6. The Morgan fingerprint density at radius 2 is 1.73 bits per heavy atom. The van der Waals surface area contributed by atoms with Gasteiger partial charge in [0, 0.05) is 24.7 Å². The molecule has 1 aliphatic heterocycles. The van der Waals surface area contributed by atoms with Gasteiger partial charge in [0.05, 0.1) is 9.92 Å². The van der Waals surface area contributed by atoms with E-state index in [1.807, 2.05) is 0 Å². The van der Waals surface area contributed by atoms with Gasteiger partial charge in [-0.15, -0.1) is 0 Å². The molecule has 160 valence electrons. The molecule has 0 amide bonds. The zero-order chi connectivity index (χ0) is 21.6. The van der Waals surface area contributed by atoms with Gasteiger partial charge in [0.2, 0.25) is 10.0 Å². The molecule has 0 saturated carbocycles. The van der Waals surface area contributed by atoms with Crippen LogP contribution in [0.15, 0.2) is 53.4 Å². The molecule has 0 N–H and O–H groups in total. The predicted molar refractivity (Wildman–Crippen MR) is 114 cm³/mol. The van der Waals surface area contributed by atoms with Crippen molar-refractivity contribution in [2.45, 2.75) is 37.2 Å². The van der Waals surface area contributed by atoms with E-state index in [9.17, 15) is 17.6 Å². The molecule has 1 aliphatic rings. The molecule has 0 atom stereocenters. The highest BCUT2D eigenvalue weighted by atomic mass is 35.5. The van der Waals surface area contributed by atoms with Crippen LogP contribution in [-0.2, 0) is 26.2 Å². The molecular formula is C22H23ClFNO4S. The maximum atomic E-state index is 13.7. The number of carbonyl (C=O) groups excluding carboxylic acids is 1. The van der Waals surface area contributed by atoms with Crippen LogP contribution in [0.2, 0.25) is 5.02 Å². The molecule has 2 aromatic rings. The first-order valence-electron chi connectivity index (χ1n) is 9.76. The number of benzene rings is 2. The van der Waals surface area contributed by atoms with E-state index in [1.165, 1.54) is 46.8 Å². The SMILES string of the molecule is O=C(C=Cc1ccc(S(=O)(=O)N2CCCCCC2)cc1)OCc1c(F)cccc1Cl. The van der Waals surface area contributed by atoms with Gasteiger partial charge in [0.25, 0.3) is 0 Å². The van der Waals surface area contributed by atoms with E-state index in [-0.39, 0.29) is 22.1 Å². The minimum Gasteiger partial charge on any atom is -0.457 e. The van der Waals surface area contributed by atoms with Gasteiger partial charge in [-0.05, 0) is 48.7 Å². The molecule has 0 bridgehead atoms. The van der Waals surface area contributed by atoms with Crippen LogP contribution < -0.4 is 0 Å². The maximum absolute atomic E-state index is 13.7. The van der Waals surface area contributed by atoms with E-state index in [0.29, 0.717) is 18.7 Å². The fraction of sp³-hybridized carbons (Fsp3) is 0.318. The molecule has 0 spiro atoms. The van der Waals surface area contributed by atoms with Crippen molar-refractivity contribution in [3.63, 3.8) is 0 Å². The van der Waals surface area contributed by atoms with Crippen molar-refractivity contribution in [2.24, 2.45) is 0 Å². The number of carbonyl (C=O) groups is 1. The topological polar surface area (TPSA) is 63.7 Å². The Bertz CT molecular complexity index is 994. The molecule has 2 aromatic carbocycles. The molecule has 0 aromatic heterocycles. The van der Waals surface area contributed by atoms with Gasteiger partial charge in [-0.2, -0.15) is 4.31 Å². The summed E-state index contributed by atoms with van der Waals surface area (Å²) >= 11 is 5.90. The Labute approximate surface area is 181 Å². The Morgan fingerprint density at radius 1 is 1.07 bits per heavy atom. The summed E-state index contributed by atoms with van der Waals surface area (Å²) < 4.78 is 45.8. The summed E-state index contributed by atoms with van der Waals surface area (Å²) in [5.41, 5.74) is 0.759. The molecule has 3 rings (SSSR count). The van der Waals surface area contributed by atoms with Crippen molar-refractivity contribution >= 4 is 33.7 Å². The van der Waals surface area contributed by atoms with Gasteiger partial charge in [-0.25, -0.2) is 17.6 Å². The Morgan fingerprint density at radius 3 is 2.37 bits per heavy atom. The van der Waals surface area contributed by atoms with Gasteiger partial charge in [0.1, 0.15) is 12.4 Å². The third-order valence-electron chi connectivity index (χ3n) is 4.92. The second-order valence-corrected chi connectivity index (χ2v) is 9.37. The lowest BCUT2D eigenvalue weighted by molar-refractivity contribution is -0.138. The lowest BCUT2D eigenvalue weighted by Gasteiger charge is -2.19. The van der Waals surface area contributed by atoms with Crippen molar-refractivity contribution in [3.05, 3.63) is 70.5 Å². The average molecular weight is 452 g/mol. The van der Waals surface area contributed by atoms with Gasteiger partial charge in [-0.1, -0.05) is 42.6 Å². The Hall–Kier alpha value is -2.22. The maximum Gasteiger partial charge on any atom is 0.331 e. The first kappa shape index (κ1) is 22.5. The first-order chi connectivity index (χ1) is 14.4. The van der Waals surface area contributed by atoms with Crippen LogP contribution in [0, 0.1) is 5.82 Å². The fourth-order valence-corrected chi connectivity index (χ4v) is 4.94. The minimum absolute atomic E-state index is 0.115. The van der Waals surface area contributed by atoms with E-state index in [2.05, 4.69) is 0 Å². The average Bonchev–Trinajstić information content (AvgIpc) is 3.02. The normalized spacial score (nSPS) is 15.8. The number of halogens is 2. The predicted octanol–water partition coefficient (Wildman–Crippen LogP) is 4.80. The number of hydrogen-bond acceptors (Lipinski definition) is 4. The summed E-state index contributed by atoms with van der Waals surface area (Å²) in [5, 5.41) is 0.188. The highest BCUT2D eigenvalue weighted by molar-refractivity contribution is 7.89. The number of sulfonamides is 1. The molecule has 8 heteroatoms. The van der Waals surface area contributed by atoms with Crippen LogP contribution in [0.25, 0.3) is 6.08 Å². The van der Waals surface area contributed by atoms with Crippen molar-refractivity contribution in [1.82, 2.24) is 4.31 Å². The Kier molecular flexibility index (Phi) is 7.64.